The second-order valence-electron chi connectivity index (χ2n) is 6.97. The van der Waals surface area contributed by atoms with Crippen molar-refractivity contribution >= 4 is 17.6 Å². The zero-order valence-corrected chi connectivity index (χ0v) is 16.2. The first-order valence-electron chi connectivity index (χ1n) is 9.20. The van der Waals surface area contributed by atoms with Gasteiger partial charge in [0.25, 0.3) is 0 Å². The number of carbonyl (C=O) groups is 1. The number of amides is 1. The van der Waals surface area contributed by atoms with Crippen molar-refractivity contribution in [2.75, 3.05) is 0 Å². The summed E-state index contributed by atoms with van der Waals surface area (Å²) < 4.78 is 25.3. The molecule has 0 bridgehead atoms. The van der Waals surface area contributed by atoms with E-state index in [1.807, 2.05) is 0 Å². The van der Waals surface area contributed by atoms with Crippen LogP contribution in [0.5, 0.6) is 17.4 Å². The minimum absolute atomic E-state index is 0.189. The smallest absolute Gasteiger partial charge is 0.409 e. The first kappa shape index (κ1) is 18.7. The van der Waals surface area contributed by atoms with Crippen molar-refractivity contribution in [1.29, 1.82) is 0 Å². The number of nitrogens with two attached hydrogens (primary N) is 2. The van der Waals surface area contributed by atoms with Gasteiger partial charge in [0.15, 0.2) is 0 Å². The topological polar surface area (TPSA) is 138 Å². The van der Waals surface area contributed by atoms with E-state index >= 15 is 0 Å². The number of amidine groups is 1. The van der Waals surface area contributed by atoms with Gasteiger partial charge in [0.05, 0.1) is 16.8 Å². The fourth-order valence-electron chi connectivity index (χ4n) is 3.65. The number of primary amides is 1. The molecule has 1 amide bonds. The molecule has 10 heteroatoms. The normalized spacial score (nSPS) is 18.5. The lowest BCUT2D eigenvalue weighted by atomic mass is 9.88. The predicted octanol–water partition coefficient (Wildman–Crippen LogP) is 2.88. The molecule has 2 aromatic heterocycles. The van der Waals surface area contributed by atoms with E-state index < -0.39 is 17.7 Å². The van der Waals surface area contributed by atoms with Crippen LogP contribution in [0.2, 0.25) is 0 Å². The molecule has 5 rings (SSSR count). The first-order valence-corrected chi connectivity index (χ1v) is 9.20. The second-order valence-corrected chi connectivity index (χ2v) is 6.97. The largest absolute Gasteiger partial charge is 0.438 e. The van der Waals surface area contributed by atoms with Crippen LogP contribution in [0.1, 0.15) is 18.1 Å². The van der Waals surface area contributed by atoms with Crippen LogP contribution in [0, 0.1) is 5.95 Å². The predicted molar refractivity (Wildman–Crippen MR) is 110 cm³/mol. The molecule has 1 atom stereocenters. The molecule has 0 aliphatic carbocycles. The molecular weight excluding hydrogens is 403 g/mol. The molecule has 2 aliphatic heterocycles. The number of hydrogen-bond acceptors (Lipinski definition) is 8. The summed E-state index contributed by atoms with van der Waals surface area (Å²) in [6.07, 6.45) is 1.89. The number of aromatic nitrogens is 2. The Morgan fingerprint density at radius 1 is 1.16 bits per heavy atom. The first-order chi connectivity index (χ1) is 14.9. The number of aliphatic imine (C=N–C) groups is 2. The summed E-state index contributed by atoms with van der Waals surface area (Å²) in [6.45, 7) is 1.73. The van der Waals surface area contributed by atoms with Crippen molar-refractivity contribution in [3.63, 3.8) is 0 Å². The highest BCUT2D eigenvalue weighted by atomic mass is 19.1. The van der Waals surface area contributed by atoms with Gasteiger partial charge in [-0.3, -0.25) is 0 Å². The Morgan fingerprint density at radius 2 is 2.00 bits per heavy atom. The van der Waals surface area contributed by atoms with E-state index in [4.69, 9.17) is 25.9 Å². The molecule has 154 valence electrons. The van der Waals surface area contributed by atoms with Crippen molar-refractivity contribution in [3.8, 4) is 28.5 Å². The molecule has 1 spiro atoms. The fraction of sp³-hybridized carbons (Fsp3) is 0.0952. The van der Waals surface area contributed by atoms with Gasteiger partial charge in [-0.1, -0.05) is 0 Å². The van der Waals surface area contributed by atoms with E-state index in [2.05, 4.69) is 15.0 Å². The average molecular weight is 418 g/mol. The highest BCUT2D eigenvalue weighted by Crippen LogP contribution is 2.52. The molecule has 31 heavy (non-hydrogen) atoms. The molecule has 0 saturated heterocycles. The molecule has 1 aromatic carbocycles. The van der Waals surface area contributed by atoms with Crippen molar-refractivity contribution in [1.82, 2.24) is 9.97 Å². The van der Waals surface area contributed by atoms with Crippen LogP contribution < -0.4 is 20.9 Å². The highest BCUT2D eigenvalue weighted by molar-refractivity contribution is 6.41. The number of benzene rings is 1. The van der Waals surface area contributed by atoms with E-state index in [1.54, 1.807) is 37.3 Å². The summed E-state index contributed by atoms with van der Waals surface area (Å²) in [6, 6.07) is 9.59. The Bertz CT molecular complexity index is 1300. The summed E-state index contributed by atoms with van der Waals surface area (Å²) in [5.74, 6) is 0.444. The molecule has 0 fully saturated rings. The van der Waals surface area contributed by atoms with Gasteiger partial charge in [-0.15, -0.1) is 0 Å². The van der Waals surface area contributed by atoms with Crippen molar-refractivity contribution in [2.24, 2.45) is 21.5 Å². The maximum atomic E-state index is 14.3. The van der Waals surface area contributed by atoms with Crippen LogP contribution in [-0.4, -0.2) is 27.6 Å². The summed E-state index contributed by atoms with van der Waals surface area (Å²) in [5.41, 5.74) is 12.1. The third-order valence-corrected chi connectivity index (χ3v) is 5.03. The van der Waals surface area contributed by atoms with E-state index in [0.29, 0.717) is 28.2 Å². The third kappa shape index (κ3) is 2.88. The van der Waals surface area contributed by atoms with Gasteiger partial charge in [0.2, 0.25) is 17.5 Å². The molecule has 9 nitrogen and oxygen atoms in total. The second kappa shape index (κ2) is 6.59. The number of rotatable bonds is 2. The monoisotopic (exact) mass is 418 g/mol. The van der Waals surface area contributed by atoms with Crippen molar-refractivity contribution < 1.29 is 18.7 Å². The number of pyridine rings is 2. The van der Waals surface area contributed by atoms with Crippen LogP contribution >= 0.6 is 0 Å². The molecule has 0 radical (unpaired) electrons. The van der Waals surface area contributed by atoms with Gasteiger partial charge in [-0.2, -0.15) is 4.39 Å². The number of hydrogen-bond donors (Lipinski definition) is 2. The van der Waals surface area contributed by atoms with Crippen LogP contribution in [0.4, 0.5) is 9.18 Å². The number of carbonyl (C=O) groups excluding carboxylic acids is 1. The van der Waals surface area contributed by atoms with Crippen LogP contribution in [-0.2, 0) is 5.66 Å². The summed E-state index contributed by atoms with van der Waals surface area (Å²) in [7, 11) is 0. The minimum atomic E-state index is -1.34. The van der Waals surface area contributed by atoms with E-state index in [9.17, 15) is 9.18 Å². The number of halogens is 1. The van der Waals surface area contributed by atoms with Gasteiger partial charge >= 0.3 is 6.09 Å². The van der Waals surface area contributed by atoms with E-state index in [-0.39, 0.29) is 23.0 Å². The SMILES string of the molecule is CC1=NC2(N=C1N)c1cc(OC(N)=O)ccc1Oc1ncc(-c3cccnc3F)cc12. The molecule has 0 saturated carbocycles. The molecule has 2 aliphatic rings. The zero-order chi connectivity index (χ0) is 21.8. The summed E-state index contributed by atoms with van der Waals surface area (Å²) >= 11 is 0. The Labute approximate surface area is 175 Å². The minimum Gasteiger partial charge on any atom is -0.438 e. The average Bonchev–Trinajstić information content (AvgIpc) is 3.04. The molecule has 3 aromatic rings. The third-order valence-electron chi connectivity index (χ3n) is 5.03. The Morgan fingerprint density at radius 3 is 2.71 bits per heavy atom. The Hall–Kier alpha value is -4.34. The van der Waals surface area contributed by atoms with Crippen LogP contribution in [0.3, 0.4) is 0 Å². The van der Waals surface area contributed by atoms with Crippen molar-refractivity contribution in [2.45, 2.75) is 12.6 Å². The van der Waals surface area contributed by atoms with Gasteiger partial charge < -0.3 is 20.9 Å². The standard InChI is InChI=1S/C21H15FN6O3/c1-10-18(23)28-21(27-10)14-8-12(30-20(24)29)4-5-16(14)31-19-15(21)7-11(9-26-19)13-3-2-6-25-17(13)22/h2-9H,1H3,(H2,23,28)(H2,24,29). The lowest BCUT2D eigenvalue weighted by Crippen LogP contribution is -2.27. The lowest BCUT2D eigenvalue weighted by Gasteiger charge is -2.32. The maximum absolute atomic E-state index is 14.3. The fourth-order valence-corrected chi connectivity index (χ4v) is 3.65. The van der Waals surface area contributed by atoms with Gasteiger partial charge in [-0.25, -0.2) is 24.7 Å². The summed E-state index contributed by atoms with van der Waals surface area (Å²) in [4.78, 5) is 28.6. The quantitative estimate of drug-likeness (QED) is 0.614. The van der Waals surface area contributed by atoms with Crippen molar-refractivity contribution in [3.05, 3.63) is 65.9 Å². The lowest BCUT2D eigenvalue weighted by molar-refractivity contribution is 0.210. The summed E-state index contributed by atoms with van der Waals surface area (Å²) in [5, 5.41) is 0. The van der Waals surface area contributed by atoms with E-state index in [0.717, 1.165) is 0 Å². The van der Waals surface area contributed by atoms with Crippen LogP contribution in [0.25, 0.3) is 11.1 Å². The molecule has 1 unspecified atom stereocenters. The number of nitrogens with zero attached hydrogens (tertiary/aromatic N) is 4. The van der Waals surface area contributed by atoms with Gasteiger partial charge in [0, 0.05) is 23.5 Å². The molecular formula is C21H15FN6O3. The Kier molecular flexibility index (Phi) is 3.97. The zero-order valence-electron chi connectivity index (χ0n) is 16.2. The Balaban J connectivity index is 1.75. The molecule has 4 N–H and O–H groups in total. The van der Waals surface area contributed by atoms with E-state index in [1.165, 1.54) is 18.5 Å². The van der Waals surface area contributed by atoms with Gasteiger partial charge in [-0.05, 0) is 43.3 Å². The molecule has 4 heterocycles. The maximum Gasteiger partial charge on any atom is 0.409 e. The highest BCUT2D eigenvalue weighted by Gasteiger charge is 2.46. The number of ether oxygens (including phenoxy) is 2. The number of fused-ring (bicyclic) bond motifs is 4. The van der Waals surface area contributed by atoms with Crippen LogP contribution in [0.15, 0.2) is 58.8 Å². The van der Waals surface area contributed by atoms with Gasteiger partial charge in [0.1, 0.15) is 17.3 Å².